The summed E-state index contributed by atoms with van der Waals surface area (Å²) in [5, 5.41) is 11.0. The molecule has 0 spiro atoms. The van der Waals surface area contributed by atoms with Crippen molar-refractivity contribution in [2.45, 2.75) is 121 Å². The van der Waals surface area contributed by atoms with Crippen LogP contribution in [0.1, 0.15) is 87.8 Å². The van der Waals surface area contributed by atoms with Gasteiger partial charge in [-0.05, 0) is 85.6 Å². The highest BCUT2D eigenvalue weighted by molar-refractivity contribution is 6.38. The number of fused-ring (bicyclic) bond motifs is 5. The van der Waals surface area contributed by atoms with Gasteiger partial charge >= 0.3 is 0 Å². The second kappa shape index (κ2) is 21.5. The molecule has 15 nitrogen and oxygen atoms in total. The molecule has 1 unspecified atom stereocenters. The predicted molar refractivity (Wildman–Crippen MR) is 226 cm³/mol. The number of nitrogens with zero attached hydrogens (tertiary/aromatic N) is 2. The van der Waals surface area contributed by atoms with Gasteiger partial charge in [-0.15, -0.1) is 0 Å². The van der Waals surface area contributed by atoms with E-state index in [4.69, 9.17) is 9.47 Å². The zero-order valence-electron chi connectivity index (χ0n) is 35.7. The van der Waals surface area contributed by atoms with Crippen molar-refractivity contribution in [3.63, 3.8) is 0 Å². The molecular formula is C46H62N6O9. The van der Waals surface area contributed by atoms with Crippen LogP contribution in [0.2, 0.25) is 0 Å². The largest absolute Gasteiger partial charge is 0.494 e. The maximum atomic E-state index is 14.6. The summed E-state index contributed by atoms with van der Waals surface area (Å²) < 4.78 is 12.2. The van der Waals surface area contributed by atoms with Crippen molar-refractivity contribution in [3.05, 3.63) is 65.2 Å². The zero-order chi connectivity index (χ0) is 43.5. The fraction of sp³-hybridized carbons (Fsp3) is 0.587. The number of hydrogen-bond donors (Lipinski definition) is 4. The number of carbonyl (C=O) groups excluding carboxylic acids is 7. The van der Waals surface area contributed by atoms with Crippen molar-refractivity contribution in [2.75, 3.05) is 40.4 Å². The molecule has 2 aliphatic carbocycles. The highest BCUT2D eigenvalue weighted by atomic mass is 16.5. The number of ketones is 1. The Morgan fingerprint density at radius 3 is 2.33 bits per heavy atom. The van der Waals surface area contributed by atoms with Crippen LogP contribution in [0.15, 0.2) is 48.5 Å². The first-order chi connectivity index (χ1) is 29.4. The van der Waals surface area contributed by atoms with Gasteiger partial charge in [0.05, 0.1) is 31.7 Å². The molecule has 2 aromatic rings. The van der Waals surface area contributed by atoms with Gasteiger partial charge in [0.2, 0.25) is 35.3 Å². The van der Waals surface area contributed by atoms with E-state index in [1.165, 1.54) is 9.80 Å². The van der Waals surface area contributed by atoms with Gasteiger partial charge in [0.25, 0.3) is 5.91 Å². The van der Waals surface area contributed by atoms with E-state index in [1.54, 1.807) is 14.1 Å². The third-order valence-corrected chi connectivity index (χ3v) is 12.4. The molecule has 1 saturated carbocycles. The number of amides is 6. The molecule has 15 heteroatoms. The minimum absolute atomic E-state index is 0.0536. The van der Waals surface area contributed by atoms with Crippen molar-refractivity contribution in [3.8, 4) is 5.75 Å². The molecule has 0 aromatic heterocycles. The molecule has 330 valence electrons. The highest BCUT2D eigenvalue weighted by Gasteiger charge is 2.45. The standard InChI is InChI=1S/C46H62N6O9/c1-4-13-36(42(55)44(57)47-27-39(54)50-41(45(58)51(2)3)33-24-31-17-8-9-18-32(31)25-33)48-43(56)37-26-35-28-52(37)46(59)40(30-15-6-5-7-16-30)49-38(53)23-29-14-12-19-34(22-29)60-20-10-11-21-61-35/h8-9,12,14,17-19,22,30,33,35-37,40-41H,4-7,10-11,13,15-16,20-21,23-28H2,1-3H3,(H,47,57)(H,48,56)(H,49,53)(H,50,54)/t35-,36+,37?,40+,41+/m1/s1. The molecule has 2 aromatic carbocycles. The van der Waals surface area contributed by atoms with E-state index in [-0.39, 0.29) is 55.4 Å². The quantitative estimate of drug-likeness (QED) is 0.233. The number of nitrogens with one attached hydrogen (secondary N) is 4. The molecular weight excluding hydrogens is 781 g/mol. The van der Waals surface area contributed by atoms with Crippen LogP contribution >= 0.6 is 0 Å². The lowest BCUT2D eigenvalue weighted by atomic mass is 9.83. The fourth-order valence-corrected chi connectivity index (χ4v) is 9.18. The summed E-state index contributed by atoms with van der Waals surface area (Å²) in [5.74, 6) is -3.80. The van der Waals surface area contributed by atoms with Crippen LogP contribution in [-0.4, -0.2) is 122 Å². The van der Waals surface area contributed by atoms with Crippen LogP contribution in [0.3, 0.4) is 0 Å². The Balaban J connectivity index is 1.12. The van der Waals surface area contributed by atoms with Crippen LogP contribution in [0.4, 0.5) is 0 Å². The molecule has 1 saturated heterocycles. The normalized spacial score (nSPS) is 22.4. The first kappa shape index (κ1) is 45.2. The molecule has 5 atom stereocenters. The topological polar surface area (TPSA) is 193 Å². The lowest BCUT2D eigenvalue weighted by Crippen LogP contribution is -2.58. The van der Waals surface area contributed by atoms with Gasteiger partial charge in [-0.3, -0.25) is 33.6 Å². The molecule has 6 amide bonds. The number of carbonyl (C=O) groups is 7. The van der Waals surface area contributed by atoms with E-state index >= 15 is 0 Å². The van der Waals surface area contributed by atoms with Crippen molar-refractivity contribution >= 4 is 41.2 Å². The lowest BCUT2D eigenvalue weighted by molar-refractivity contribution is -0.144. The molecule has 4 bridgehead atoms. The van der Waals surface area contributed by atoms with E-state index in [1.807, 2.05) is 55.5 Å². The first-order valence-corrected chi connectivity index (χ1v) is 22.0. The summed E-state index contributed by atoms with van der Waals surface area (Å²) in [6, 6.07) is 11.3. The summed E-state index contributed by atoms with van der Waals surface area (Å²) in [6.45, 7) is 2.23. The Labute approximate surface area is 358 Å². The van der Waals surface area contributed by atoms with E-state index in [9.17, 15) is 33.6 Å². The van der Waals surface area contributed by atoms with Gasteiger partial charge < -0.3 is 40.5 Å². The van der Waals surface area contributed by atoms with E-state index in [2.05, 4.69) is 21.3 Å². The summed E-state index contributed by atoms with van der Waals surface area (Å²) in [7, 11) is 3.23. The van der Waals surface area contributed by atoms with Crippen molar-refractivity contribution < 1.29 is 43.0 Å². The Morgan fingerprint density at radius 1 is 0.902 bits per heavy atom. The van der Waals surface area contributed by atoms with Crippen LogP contribution in [0.25, 0.3) is 0 Å². The molecule has 61 heavy (non-hydrogen) atoms. The van der Waals surface area contributed by atoms with Crippen LogP contribution in [0, 0.1) is 11.8 Å². The third-order valence-electron chi connectivity index (χ3n) is 12.4. The van der Waals surface area contributed by atoms with E-state index < -0.39 is 60.3 Å². The molecule has 0 radical (unpaired) electrons. The van der Waals surface area contributed by atoms with E-state index in [0.717, 1.165) is 48.8 Å². The van der Waals surface area contributed by atoms with Gasteiger partial charge in [0, 0.05) is 33.7 Å². The Morgan fingerprint density at radius 2 is 1.62 bits per heavy atom. The number of benzene rings is 2. The molecule has 2 aliphatic heterocycles. The summed E-state index contributed by atoms with van der Waals surface area (Å²) in [5.41, 5.74) is 2.99. The average molecular weight is 843 g/mol. The molecule has 2 heterocycles. The lowest BCUT2D eigenvalue weighted by Gasteiger charge is -2.35. The number of hydrogen-bond acceptors (Lipinski definition) is 9. The Bertz CT molecular complexity index is 1890. The number of Topliss-reactive ketones (excluding diaryl/α,β-unsaturated/α-hetero) is 1. The number of likely N-dealkylation sites (N-methyl/N-ethyl adjacent to an activating group) is 1. The first-order valence-electron chi connectivity index (χ1n) is 22.0. The fourth-order valence-electron chi connectivity index (χ4n) is 9.18. The number of ether oxygens (including phenoxy) is 2. The van der Waals surface area contributed by atoms with Gasteiger partial charge in [-0.25, -0.2) is 0 Å². The van der Waals surface area contributed by atoms with Gasteiger partial charge in [0.15, 0.2) is 0 Å². The van der Waals surface area contributed by atoms with Crippen molar-refractivity contribution in [2.24, 2.45) is 11.8 Å². The van der Waals surface area contributed by atoms with Crippen molar-refractivity contribution in [1.29, 1.82) is 0 Å². The van der Waals surface area contributed by atoms with Crippen LogP contribution < -0.4 is 26.0 Å². The number of rotatable bonds is 12. The highest BCUT2D eigenvalue weighted by Crippen LogP contribution is 2.31. The van der Waals surface area contributed by atoms with Crippen LogP contribution in [-0.2, 0) is 57.6 Å². The second-order valence-corrected chi connectivity index (χ2v) is 17.2. The SMILES string of the molecule is CCC[C@H](NC(=O)C1C[C@@H]2CN1C(=O)[C@H](C1CCCCC1)NC(=O)Cc1cccc(c1)OCCCCO2)C(=O)C(=O)NCC(=O)N[C@H](C(=O)N(C)C)C1Cc2ccccc2C1. The summed E-state index contributed by atoms with van der Waals surface area (Å²) in [6.07, 6.45) is 7.36. The molecule has 6 rings (SSSR count). The maximum absolute atomic E-state index is 14.6. The van der Waals surface area contributed by atoms with Gasteiger partial charge in [-0.1, -0.05) is 69.0 Å². The maximum Gasteiger partial charge on any atom is 0.290 e. The molecule has 4 aliphatic rings. The third kappa shape index (κ3) is 12.0. The summed E-state index contributed by atoms with van der Waals surface area (Å²) >= 11 is 0. The van der Waals surface area contributed by atoms with E-state index in [0.29, 0.717) is 51.1 Å². The Kier molecular flexibility index (Phi) is 15.9. The Hall–Kier alpha value is -5.31. The molecule has 4 N–H and O–H groups in total. The minimum Gasteiger partial charge on any atom is -0.494 e. The molecule has 2 fully saturated rings. The zero-order valence-corrected chi connectivity index (χ0v) is 35.7. The smallest absolute Gasteiger partial charge is 0.290 e. The summed E-state index contributed by atoms with van der Waals surface area (Å²) in [4.78, 5) is 98.7. The monoisotopic (exact) mass is 842 g/mol. The van der Waals surface area contributed by atoms with Gasteiger partial charge in [-0.2, -0.15) is 0 Å². The minimum atomic E-state index is -1.23. The predicted octanol–water partition coefficient (Wildman–Crippen LogP) is 2.41. The second-order valence-electron chi connectivity index (χ2n) is 17.2. The van der Waals surface area contributed by atoms with Crippen molar-refractivity contribution in [1.82, 2.24) is 31.1 Å². The van der Waals surface area contributed by atoms with Crippen LogP contribution in [0.5, 0.6) is 5.75 Å². The van der Waals surface area contributed by atoms with Gasteiger partial charge in [0.1, 0.15) is 23.9 Å². The average Bonchev–Trinajstić information content (AvgIpc) is 3.89.